The van der Waals surface area contributed by atoms with Crippen LogP contribution in [0.5, 0.6) is 0 Å². The Hall–Kier alpha value is -1.10. The van der Waals surface area contributed by atoms with E-state index in [1.54, 1.807) is 0 Å². The van der Waals surface area contributed by atoms with Gasteiger partial charge in [0, 0.05) is 13.2 Å². The van der Waals surface area contributed by atoms with Crippen LogP contribution >= 0.6 is 0 Å². The summed E-state index contributed by atoms with van der Waals surface area (Å²) >= 11 is 0. The van der Waals surface area contributed by atoms with E-state index in [4.69, 9.17) is 9.84 Å². The Balaban J connectivity index is 4.05. The first kappa shape index (κ1) is 13.9. The summed E-state index contributed by atoms with van der Waals surface area (Å²) in [4.78, 5) is 21.8. The van der Waals surface area contributed by atoms with Gasteiger partial charge in [0.15, 0.2) is 0 Å². The van der Waals surface area contributed by atoms with Crippen LogP contribution in [0.2, 0.25) is 0 Å². The smallest absolute Gasteiger partial charge is 0.315 e. The van der Waals surface area contributed by atoms with Crippen molar-refractivity contribution < 1.29 is 19.4 Å². The second kappa shape index (κ2) is 5.70. The van der Waals surface area contributed by atoms with Crippen molar-refractivity contribution in [3.8, 4) is 0 Å². The number of nitrogens with one attached hydrogen (secondary N) is 1. The normalized spacial score (nSPS) is 13.3. The van der Waals surface area contributed by atoms with Crippen LogP contribution in [0.3, 0.4) is 0 Å². The summed E-state index contributed by atoms with van der Waals surface area (Å²) in [6.07, 6.45) is 0. The molecule has 5 heteroatoms. The molecule has 1 amide bonds. The van der Waals surface area contributed by atoms with Gasteiger partial charge in [0.05, 0.1) is 5.60 Å². The number of aliphatic carboxylic acids is 1. The first-order valence-electron chi connectivity index (χ1n) is 4.94. The largest absolute Gasteiger partial charge is 0.481 e. The Morgan fingerprint density at radius 3 is 2.40 bits per heavy atom. The monoisotopic (exact) mass is 217 g/mol. The number of carbonyl (C=O) groups is 2. The van der Waals surface area contributed by atoms with E-state index in [1.165, 1.54) is 6.92 Å². The number of carboxylic acid groups (broad SMARTS) is 1. The van der Waals surface area contributed by atoms with Crippen LogP contribution in [0.1, 0.15) is 27.7 Å². The number of rotatable bonds is 6. The van der Waals surface area contributed by atoms with Gasteiger partial charge in [0.1, 0.15) is 5.92 Å². The highest BCUT2D eigenvalue weighted by molar-refractivity contribution is 5.96. The van der Waals surface area contributed by atoms with Crippen LogP contribution in [0, 0.1) is 5.92 Å². The maximum absolute atomic E-state index is 11.3. The minimum Gasteiger partial charge on any atom is -0.481 e. The quantitative estimate of drug-likeness (QED) is 0.640. The summed E-state index contributed by atoms with van der Waals surface area (Å²) in [5.74, 6) is -2.64. The molecule has 0 rings (SSSR count). The predicted molar refractivity (Wildman–Crippen MR) is 55.5 cm³/mol. The average Bonchev–Trinajstić information content (AvgIpc) is 2.13. The minimum absolute atomic E-state index is 0.303. The lowest BCUT2D eigenvalue weighted by atomic mass is 10.1. The average molecular weight is 217 g/mol. The van der Waals surface area contributed by atoms with Gasteiger partial charge in [0.2, 0.25) is 5.91 Å². The summed E-state index contributed by atoms with van der Waals surface area (Å²) in [7, 11) is 0. The molecule has 0 aromatic rings. The van der Waals surface area contributed by atoms with Crippen LogP contribution in [0.4, 0.5) is 0 Å². The minimum atomic E-state index is -1.12. The van der Waals surface area contributed by atoms with Crippen molar-refractivity contribution >= 4 is 11.9 Å². The summed E-state index contributed by atoms with van der Waals surface area (Å²) in [6, 6.07) is 0. The zero-order chi connectivity index (χ0) is 12.1. The molecular weight excluding hydrogens is 198 g/mol. The van der Waals surface area contributed by atoms with Crippen molar-refractivity contribution in [2.24, 2.45) is 5.92 Å². The lowest BCUT2D eigenvalue weighted by molar-refractivity contribution is -0.146. The third-order valence-corrected chi connectivity index (χ3v) is 1.99. The van der Waals surface area contributed by atoms with E-state index in [2.05, 4.69) is 5.32 Å². The standard InChI is InChI=1S/C10H19NO4/c1-5-15-10(3,4)6-11-8(12)7(2)9(13)14/h7H,5-6H2,1-4H3,(H,11,12)(H,13,14). The summed E-state index contributed by atoms with van der Waals surface area (Å²) in [5.41, 5.74) is -0.470. The molecule has 0 aromatic carbocycles. The summed E-state index contributed by atoms with van der Waals surface area (Å²) in [5, 5.41) is 11.1. The van der Waals surface area contributed by atoms with Crippen molar-refractivity contribution in [1.29, 1.82) is 0 Å². The van der Waals surface area contributed by atoms with E-state index in [0.29, 0.717) is 13.2 Å². The zero-order valence-electron chi connectivity index (χ0n) is 9.66. The van der Waals surface area contributed by atoms with Crippen molar-refractivity contribution in [2.45, 2.75) is 33.3 Å². The molecule has 0 heterocycles. The van der Waals surface area contributed by atoms with E-state index in [-0.39, 0.29) is 0 Å². The van der Waals surface area contributed by atoms with Crippen molar-refractivity contribution in [3.05, 3.63) is 0 Å². The molecular formula is C10H19NO4. The summed E-state index contributed by atoms with van der Waals surface area (Å²) in [6.45, 7) is 7.74. The third kappa shape index (κ3) is 5.37. The Bertz CT molecular complexity index is 238. The van der Waals surface area contributed by atoms with Gasteiger partial charge in [-0.05, 0) is 27.7 Å². The van der Waals surface area contributed by atoms with E-state index >= 15 is 0 Å². The molecule has 0 aliphatic carbocycles. The molecule has 0 saturated carbocycles. The molecule has 0 bridgehead atoms. The fourth-order valence-corrected chi connectivity index (χ4v) is 1.01. The molecule has 1 atom stereocenters. The van der Waals surface area contributed by atoms with Gasteiger partial charge in [-0.15, -0.1) is 0 Å². The zero-order valence-corrected chi connectivity index (χ0v) is 9.66. The lowest BCUT2D eigenvalue weighted by Gasteiger charge is -2.25. The molecule has 15 heavy (non-hydrogen) atoms. The van der Waals surface area contributed by atoms with Crippen LogP contribution in [-0.4, -0.2) is 35.7 Å². The Morgan fingerprint density at radius 1 is 1.47 bits per heavy atom. The number of ether oxygens (including phenoxy) is 1. The van der Waals surface area contributed by atoms with Gasteiger partial charge < -0.3 is 15.2 Å². The molecule has 88 valence electrons. The molecule has 0 aromatic heterocycles. The molecule has 5 nitrogen and oxygen atoms in total. The Labute approximate surface area is 89.8 Å². The van der Waals surface area contributed by atoms with Crippen LogP contribution in [-0.2, 0) is 14.3 Å². The third-order valence-electron chi connectivity index (χ3n) is 1.99. The second-order valence-corrected chi connectivity index (χ2v) is 3.97. The molecule has 0 fully saturated rings. The van der Waals surface area contributed by atoms with Crippen molar-refractivity contribution in [2.75, 3.05) is 13.2 Å². The molecule has 1 unspecified atom stereocenters. The first-order valence-corrected chi connectivity index (χ1v) is 4.94. The van der Waals surface area contributed by atoms with Crippen LogP contribution < -0.4 is 5.32 Å². The van der Waals surface area contributed by atoms with Crippen molar-refractivity contribution in [3.63, 3.8) is 0 Å². The molecule has 0 radical (unpaired) electrons. The van der Waals surface area contributed by atoms with Crippen LogP contribution in [0.25, 0.3) is 0 Å². The fourth-order valence-electron chi connectivity index (χ4n) is 1.01. The van der Waals surface area contributed by atoms with Gasteiger partial charge >= 0.3 is 5.97 Å². The van der Waals surface area contributed by atoms with Crippen molar-refractivity contribution in [1.82, 2.24) is 5.32 Å². The highest BCUT2D eigenvalue weighted by Crippen LogP contribution is 2.07. The Kier molecular flexibility index (Phi) is 5.28. The first-order chi connectivity index (χ1) is 6.80. The fraction of sp³-hybridized carbons (Fsp3) is 0.800. The lowest BCUT2D eigenvalue weighted by Crippen LogP contribution is -2.43. The topological polar surface area (TPSA) is 75.6 Å². The molecule has 0 aliphatic heterocycles. The van der Waals surface area contributed by atoms with Gasteiger partial charge in [-0.3, -0.25) is 9.59 Å². The highest BCUT2D eigenvalue weighted by Gasteiger charge is 2.24. The number of hydrogen-bond acceptors (Lipinski definition) is 3. The summed E-state index contributed by atoms with van der Waals surface area (Å²) < 4.78 is 5.36. The van der Waals surface area contributed by atoms with Gasteiger partial charge in [-0.2, -0.15) is 0 Å². The molecule has 0 saturated heterocycles. The number of carboxylic acids is 1. The van der Waals surface area contributed by atoms with Gasteiger partial charge in [-0.1, -0.05) is 0 Å². The van der Waals surface area contributed by atoms with E-state index in [0.717, 1.165) is 0 Å². The van der Waals surface area contributed by atoms with E-state index in [1.807, 2.05) is 20.8 Å². The molecule has 0 aliphatic rings. The molecule has 0 spiro atoms. The van der Waals surface area contributed by atoms with Crippen LogP contribution in [0.15, 0.2) is 0 Å². The maximum Gasteiger partial charge on any atom is 0.315 e. The Morgan fingerprint density at radius 2 is 2.00 bits per heavy atom. The SMILES string of the molecule is CCOC(C)(C)CNC(=O)C(C)C(=O)O. The second-order valence-electron chi connectivity index (χ2n) is 3.97. The number of hydrogen-bond donors (Lipinski definition) is 2. The highest BCUT2D eigenvalue weighted by atomic mass is 16.5. The van der Waals surface area contributed by atoms with Gasteiger partial charge in [0.25, 0.3) is 0 Å². The van der Waals surface area contributed by atoms with E-state index < -0.39 is 23.4 Å². The maximum atomic E-state index is 11.3. The van der Waals surface area contributed by atoms with E-state index in [9.17, 15) is 9.59 Å². The number of amides is 1. The van der Waals surface area contributed by atoms with Gasteiger partial charge in [-0.25, -0.2) is 0 Å². The predicted octanol–water partition coefficient (Wildman–Crippen LogP) is 0.638. The number of carbonyl (C=O) groups excluding carboxylic acids is 1. The molecule has 2 N–H and O–H groups in total.